The van der Waals surface area contributed by atoms with Gasteiger partial charge in [-0.25, -0.2) is 0 Å². The van der Waals surface area contributed by atoms with Gasteiger partial charge in [0, 0.05) is 5.56 Å². The summed E-state index contributed by atoms with van der Waals surface area (Å²) in [6.45, 7) is 7.51. The van der Waals surface area contributed by atoms with E-state index in [9.17, 15) is 4.79 Å². The van der Waals surface area contributed by atoms with Gasteiger partial charge in [-0.1, -0.05) is 17.7 Å². The molecule has 2 heteroatoms. The van der Waals surface area contributed by atoms with E-state index in [0.29, 0.717) is 0 Å². The molecule has 0 saturated heterocycles. The normalized spacial score (nSPS) is 10.3. The summed E-state index contributed by atoms with van der Waals surface area (Å²) in [4.78, 5) is 11.6. The lowest BCUT2D eigenvalue weighted by Gasteiger charge is -2.11. The molecule has 0 N–H and O–H groups in total. The van der Waals surface area contributed by atoms with Crippen molar-refractivity contribution >= 4 is 5.78 Å². The summed E-state index contributed by atoms with van der Waals surface area (Å²) in [5.41, 5.74) is 3.90. The molecule has 19 heavy (non-hydrogen) atoms. The number of carbonyl (C=O) groups excluding carboxylic acids is 1. The van der Waals surface area contributed by atoms with Crippen molar-refractivity contribution in [1.29, 1.82) is 0 Å². The van der Waals surface area contributed by atoms with E-state index < -0.39 is 0 Å². The molecule has 0 unspecified atom stereocenters. The molecule has 2 aromatic carbocycles. The summed E-state index contributed by atoms with van der Waals surface area (Å²) in [6.07, 6.45) is 0. The third-order valence-corrected chi connectivity index (χ3v) is 3.11. The van der Waals surface area contributed by atoms with Crippen LogP contribution in [0.1, 0.15) is 34.0 Å². The highest BCUT2D eigenvalue weighted by Gasteiger charge is 2.10. The van der Waals surface area contributed by atoms with Gasteiger partial charge < -0.3 is 4.74 Å². The van der Waals surface area contributed by atoms with Gasteiger partial charge in [-0.3, -0.25) is 4.79 Å². The van der Waals surface area contributed by atoms with Crippen LogP contribution >= 0.6 is 0 Å². The van der Waals surface area contributed by atoms with Crippen LogP contribution in [0.3, 0.4) is 0 Å². The van der Waals surface area contributed by atoms with Gasteiger partial charge in [0.1, 0.15) is 11.5 Å². The highest BCUT2D eigenvalue weighted by Crippen LogP contribution is 2.26. The molecule has 0 aromatic heterocycles. The van der Waals surface area contributed by atoms with Gasteiger partial charge in [0.05, 0.1) is 0 Å². The van der Waals surface area contributed by atoms with E-state index in [0.717, 1.165) is 28.2 Å². The second kappa shape index (κ2) is 5.27. The van der Waals surface area contributed by atoms with E-state index in [-0.39, 0.29) is 5.78 Å². The topological polar surface area (TPSA) is 26.3 Å². The molecule has 2 rings (SSSR count). The van der Waals surface area contributed by atoms with E-state index in [1.165, 1.54) is 5.56 Å². The molecule has 0 bridgehead atoms. The molecule has 0 amide bonds. The van der Waals surface area contributed by atoms with Crippen LogP contribution in [-0.2, 0) is 0 Å². The number of hydrogen-bond acceptors (Lipinski definition) is 2. The maximum Gasteiger partial charge on any atom is 0.160 e. The Morgan fingerprint density at radius 2 is 1.42 bits per heavy atom. The summed E-state index contributed by atoms with van der Waals surface area (Å²) >= 11 is 0. The molecule has 0 saturated carbocycles. The Balaban J connectivity index is 2.32. The number of hydrogen-bond donors (Lipinski definition) is 0. The standard InChI is InChI=1S/C17H18O2/c1-11-5-7-15(8-6-11)19-16-9-12(2)17(14(4)18)13(3)10-16/h5-10H,1-4H3. The predicted molar refractivity (Wildman–Crippen MR) is 77.2 cm³/mol. The smallest absolute Gasteiger partial charge is 0.160 e. The van der Waals surface area contributed by atoms with Crippen molar-refractivity contribution in [2.24, 2.45) is 0 Å². The van der Waals surface area contributed by atoms with Gasteiger partial charge >= 0.3 is 0 Å². The maximum atomic E-state index is 11.6. The minimum Gasteiger partial charge on any atom is -0.457 e. The van der Waals surface area contributed by atoms with Crippen molar-refractivity contribution < 1.29 is 9.53 Å². The Labute approximate surface area is 114 Å². The Morgan fingerprint density at radius 1 is 0.895 bits per heavy atom. The van der Waals surface area contributed by atoms with Crippen molar-refractivity contribution in [2.75, 3.05) is 0 Å². The average molecular weight is 254 g/mol. The molecule has 0 aliphatic carbocycles. The molecular weight excluding hydrogens is 236 g/mol. The third kappa shape index (κ3) is 3.02. The fourth-order valence-corrected chi connectivity index (χ4v) is 2.28. The lowest BCUT2D eigenvalue weighted by Crippen LogP contribution is -2.00. The largest absolute Gasteiger partial charge is 0.457 e. The third-order valence-electron chi connectivity index (χ3n) is 3.11. The van der Waals surface area contributed by atoms with Crippen molar-refractivity contribution in [3.8, 4) is 11.5 Å². The molecule has 0 atom stereocenters. The molecule has 98 valence electrons. The van der Waals surface area contributed by atoms with Crippen LogP contribution in [0.15, 0.2) is 36.4 Å². The van der Waals surface area contributed by atoms with Gasteiger partial charge in [0.25, 0.3) is 0 Å². The molecule has 0 fully saturated rings. The number of aryl methyl sites for hydroxylation is 3. The van der Waals surface area contributed by atoms with Crippen LogP contribution in [0.4, 0.5) is 0 Å². The molecule has 0 spiro atoms. The fourth-order valence-electron chi connectivity index (χ4n) is 2.28. The zero-order valence-electron chi connectivity index (χ0n) is 11.8. The SMILES string of the molecule is CC(=O)c1c(C)cc(Oc2ccc(C)cc2)cc1C. The minimum absolute atomic E-state index is 0.0943. The Kier molecular flexibility index (Phi) is 3.70. The second-order valence-corrected chi connectivity index (χ2v) is 4.90. The van der Waals surface area contributed by atoms with Crippen molar-refractivity contribution in [3.05, 3.63) is 58.7 Å². The van der Waals surface area contributed by atoms with Crippen LogP contribution in [-0.4, -0.2) is 5.78 Å². The summed E-state index contributed by atoms with van der Waals surface area (Å²) in [5, 5.41) is 0. The quantitative estimate of drug-likeness (QED) is 0.748. The number of carbonyl (C=O) groups is 1. The van der Waals surface area contributed by atoms with Crippen LogP contribution in [0.25, 0.3) is 0 Å². The first-order valence-corrected chi connectivity index (χ1v) is 6.34. The summed E-state index contributed by atoms with van der Waals surface area (Å²) in [7, 11) is 0. The van der Waals surface area contributed by atoms with Crippen LogP contribution in [0.2, 0.25) is 0 Å². The van der Waals surface area contributed by atoms with Crippen LogP contribution < -0.4 is 4.74 Å². The number of ketones is 1. The first-order chi connectivity index (χ1) is 8.97. The predicted octanol–water partition coefficient (Wildman–Crippen LogP) is 4.61. The molecule has 2 nitrogen and oxygen atoms in total. The average Bonchev–Trinajstić information content (AvgIpc) is 2.30. The summed E-state index contributed by atoms with van der Waals surface area (Å²) in [6, 6.07) is 11.7. The maximum absolute atomic E-state index is 11.6. The van der Waals surface area contributed by atoms with Gasteiger partial charge in [-0.05, 0) is 63.1 Å². The molecule has 0 aliphatic rings. The molecule has 0 radical (unpaired) electrons. The van der Waals surface area contributed by atoms with E-state index >= 15 is 0 Å². The van der Waals surface area contributed by atoms with Gasteiger partial charge in [-0.15, -0.1) is 0 Å². The van der Waals surface area contributed by atoms with Gasteiger partial charge in [-0.2, -0.15) is 0 Å². The van der Waals surface area contributed by atoms with Gasteiger partial charge in [0.15, 0.2) is 5.78 Å². The zero-order valence-corrected chi connectivity index (χ0v) is 11.8. The number of Topliss-reactive ketones (excluding diaryl/α,β-unsaturated/α-hetero) is 1. The van der Waals surface area contributed by atoms with Crippen LogP contribution in [0, 0.1) is 20.8 Å². The first kappa shape index (κ1) is 13.3. The van der Waals surface area contributed by atoms with Crippen molar-refractivity contribution in [1.82, 2.24) is 0 Å². The van der Waals surface area contributed by atoms with Crippen LogP contribution in [0.5, 0.6) is 11.5 Å². The molecule has 2 aromatic rings. The van der Waals surface area contributed by atoms with E-state index in [1.807, 2.05) is 57.2 Å². The minimum atomic E-state index is 0.0943. The second-order valence-electron chi connectivity index (χ2n) is 4.90. The van der Waals surface area contributed by atoms with Gasteiger partial charge in [0.2, 0.25) is 0 Å². The molecule has 0 aliphatic heterocycles. The zero-order chi connectivity index (χ0) is 14.0. The Hall–Kier alpha value is -2.09. The highest BCUT2D eigenvalue weighted by atomic mass is 16.5. The summed E-state index contributed by atoms with van der Waals surface area (Å²) < 4.78 is 5.82. The van der Waals surface area contributed by atoms with Crippen molar-refractivity contribution in [2.45, 2.75) is 27.7 Å². The number of rotatable bonds is 3. The molecule has 0 heterocycles. The van der Waals surface area contributed by atoms with E-state index in [4.69, 9.17) is 4.74 Å². The number of benzene rings is 2. The lowest BCUT2D eigenvalue weighted by molar-refractivity contribution is 0.101. The lowest BCUT2D eigenvalue weighted by atomic mass is 9.99. The van der Waals surface area contributed by atoms with E-state index in [1.54, 1.807) is 6.92 Å². The van der Waals surface area contributed by atoms with Crippen molar-refractivity contribution in [3.63, 3.8) is 0 Å². The molecular formula is C17H18O2. The van der Waals surface area contributed by atoms with E-state index in [2.05, 4.69) is 0 Å². The Morgan fingerprint density at radius 3 is 1.89 bits per heavy atom. The Bertz CT molecular complexity index is 587. The fraction of sp³-hybridized carbons (Fsp3) is 0.235. The monoisotopic (exact) mass is 254 g/mol. The number of ether oxygens (including phenoxy) is 1. The highest BCUT2D eigenvalue weighted by molar-refractivity contribution is 5.97. The summed E-state index contributed by atoms with van der Waals surface area (Å²) in [5.74, 6) is 1.67. The first-order valence-electron chi connectivity index (χ1n) is 6.34.